The predicted molar refractivity (Wildman–Crippen MR) is 125 cm³/mol. The molecule has 8 heteroatoms. The van der Waals surface area contributed by atoms with Crippen LogP contribution < -0.4 is 10.1 Å². The largest absolute Gasteiger partial charge is 0.497 e. The van der Waals surface area contributed by atoms with Gasteiger partial charge >= 0.3 is 5.97 Å². The summed E-state index contributed by atoms with van der Waals surface area (Å²) < 4.78 is 11.8. The standard InChI is InChI=1S/C25H24N4O4/c1-5-33-25(31)20-14-26-29(21-12-16(3)19-11-6-8-15(2)22(19)27-21)23(20)28-24(30)17-9-7-10-18(13-17)32-4/h6-14H,5H2,1-4H3,(H,28,30). The Morgan fingerprint density at radius 2 is 1.85 bits per heavy atom. The molecule has 0 spiro atoms. The fraction of sp³-hybridized carbons (Fsp3) is 0.200. The molecule has 8 nitrogen and oxygen atoms in total. The smallest absolute Gasteiger partial charge is 0.343 e. The predicted octanol–water partition coefficient (Wildman–Crippen LogP) is 4.47. The third-order valence-corrected chi connectivity index (χ3v) is 5.28. The highest BCUT2D eigenvalue weighted by Crippen LogP contribution is 2.26. The average Bonchev–Trinajstić information content (AvgIpc) is 3.23. The lowest BCUT2D eigenvalue weighted by Crippen LogP contribution is -2.18. The van der Waals surface area contributed by atoms with Gasteiger partial charge in [-0.1, -0.05) is 24.3 Å². The number of para-hydroxylation sites is 1. The molecular formula is C25H24N4O4. The number of methoxy groups -OCH3 is 1. The van der Waals surface area contributed by atoms with Crippen LogP contribution in [0.1, 0.15) is 38.8 Å². The molecule has 4 aromatic rings. The van der Waals surface area contributed by atoms with E-state index in [0.29, 0.717) is 17.1 Å². The molecule has 0 aliphatic carbocycles. The zero-order valence-electron chi connectivity index (χ0n) is 18.9. The van der Waals surface area contributed by atoms with Crippen LogP contribution in [0.2, 0.25) is 0 Å². The van der Waals surface area contributed by atoms with Crippen LogP contribution in [0, 0.1) is 13.8 Å². The number of anilines is 1. The molecule has 0 saturated heterocycles. The number of benzene rings is 2. The van der Waals surface area contributed by atoms with Crippen LogP contribution in [0.15, 0.2) is 54.7 Å². The number of hydrogen-bond donors (Lipinski definition) is 1. The minimum Gasteiger partial charge on any atom is -0.497 e. The molecule has 2 aromatic heterocycles. The number of fused-ring (bicyclic) bond motifs is 1. The van der Waals surface area contributed by atoms with Crippen molar-refractivity contribution < 1.29 is 19.1 Å². The SMILES string of the molecule is CCOC(=O)c1cnn(-c2cc(C)c3cccc(C)c3n2)c1NC(=O)c1cccc(OC)c1. The van der Waals surface area contributed by atoms with Crippen molar-refractivity contribution in [2.24, 2.45) is 0 Å². The van der Waals surface area contributed by atoms with E-state index >= 15 is 0 Å². The molecule has 2 aromatic carbocycles. The van der Waals surface area contributed by atoms with E-state index in [4.69, 9.17) is 14.5 Å². The molecule has 0 bridgehead atoms. The van der Waals surface area contributed by atoms with Gasteiger partial charge in [-0.2, -0.15) is 9.78 Å². The minimum absolute atomic E-state index is 0.137. The van der Waals surface area contributed by atoms with Crippen molar-refractivity contribution in [3.8, 4) is 11.6 Å². The van der Waals surface area contributed by atoms with Crippen molar-refractivity contribution in [2.75, 3.05) is 19.0 Å². The Kier molecular flexibility index (Phi) is 6.08. The molecule has 0 radical (unpaired) electrons. The number of esters is 1. The molecule has 0 aliphatic heterocycles. The second-order valence-corrected chi connectivity index (χ2v) is 7.49. The van der Waals surface area contributed by atoms with Gasteiger partial charge in [0.25, 0.3) is 5.91 Å². The summed E-state index contributed by atoms with van der Waals surface area (Å²) in [6.45, 7) is 5.88. The van der Waals surface area contributed by atoms with E-state index < -0.39 is 11.9 Å². The normalized spacial score (nSPS) is 10.8. The zero-order valence-corrected chi connectivity index (χ0v) is 18.9. The van der Waals surface area contributed by atoms with E-state index in [1.165, 1.54) is 18.0 Å². The summed E-state index contributed by atoms with van der Waals surface area (Å²) in [6, 6.07) is 14.6. The van der Waals surface area contributed by atoms with E-state index in [1.54, 1.807) is 31.2 Å². The zero-order chi connectivity index (χ0) is 23.5. The molecule has 168 valence electrons. The van der Waals surface area contributed by atoms with Crippen LogP contribution in [-0.4, -0.2) is 40.4 Å². The van der Waals surface area contributed by atoms with Gasteiger partial charge in [-0.15, -0.1) is 0 Å². The second-order valence-electron chi connectivity index (χ2n) is 7.49. The number of pyridine rings is 1. The molecule has 0 saturated carbocycles. The molecular weight excluding hydrogens is 420 g/mol. The maximum atomic E-state index is 13.0. The Morgan fingerprint density at radius 1 is 1.06 bits per heavy atom. The number of nitrogens with one attached hydrogen (secondary N) is 1. The van der Waals surface area contributed by atoms with E-state index in [0.717, 1.165) is 22.0 Å². The lowest BCUT2D eigenvalue weighted by atomic mass is 10.1. The van der Waals surface area contributed by atoms with Crippen molar-refractivity contribution in [1.82, 2.24) is 14.8 Å². The monoisotopic (exact) mass is 444 g/mol. The van der Waals surface area contributed by atoms with Crippen molar-refractivity contribution >= 4 is 28.6 Å². The Morgan fingerprint density at radius 3 is 2.61 bits per heavy atom. The molecule has 2 heterocycles. The number of hydrogen-bond acceptors (Lipinski definition) is 6. The highest BCUT2D eigenvalue weighted by Gasteiger charge is 2.23. The maximum Gasteiger partial charge on any atom is 0.343 e. The summed E-state index contributed by atoms with van der Waals surface area (Å²) in [5, 5.41) is 8.20. The second kappa shape index (κ2) is 9.12. The van der Waals surface area contributed by atoms with Crippen LogP contribution in [0.25, 0.3) is 16.7 Å². The average molecular weight is 444 g/mol. The van der Waals surface area contributed by atoms with Gasteiger partial charge in [0.1, 0.15) is 11.3 Å². The highest BCUT2D eigenvalue weighted by atomic mass is 16.5. The molecule has 1 amide bonds. The summed E-state index contributed by atoms with van der Waals surface area (Å²) in [4.78, 5) is 30.4. The van der Waals surface area contributed by atoms with Crippen molar-refractivity contribution in [3.05, 3.63) is 77.0 Å². The first-order valence-electron chi connectivity index (χ1n) is 10.5. The number of aromatic nitrogens is 3. The van der Waals surface area contributed by atoms with E-state index in [9.17, 15) is 9.59 Å². The number of nitrogens with zero attached hydrogens (tertiary/aromatic N) is 3. The number of carbonyl (C=O) groups is 2. The van der Waals surface area contributed by atoms with Crippen LogP contribution >= 0.6 is 0 Å². The lowest BCUT2D eigenvalue weighted by Gasteiger charge is -2.13. The van der Waals surface area contributed by atoms with Gasteiger partial charge < -0.3 is 14.8 Å². The first-order valence-corrected chi connectivity index (χ1v) is 10.5. The van der Waals surface area contributed by atoms with Crippen LogP contribution in [0.5, 0.6) is 5.75 Å². The number of carbonyl (C=O) groups excluding carboxylic acids is 2. The van der Waals surface area contributed by atoms with E-state index in [-0.39, 0.29) is 18.0 Å². The fourth-order valence-electron chi connectivity index (χ4n) is 3.60. The van der Waals surface area contributed by atoms with Gasteiger partial charge in [0, 0.05) is 10.9 Å². The van der Waals surface area contributed by atoms with Gasteiger partial charge in [-0.05, 0) is 56.2 Å². The van der Waals surface area contributed by atoms with Gasteiger partial charge in [0.2, 0.25) is 0 Å². The molecule has 0 aliphatic rings. The minimum atomic E-state index is -0.585. The summed E-state index contributed by atoms with van der Waals surface area (Å²) in [5.41, 5.74) is 3.34. The lowest BCUT2D eigenvalue weighted by molar-refractivity contribution is 0.0527. The first kappa shape index (κ1) is 22.0. The molecule has 0 unspecified atom stereocenters. The molecule has 33 heavy (non-hydrogen) atoms. The number of aryl methyl sites for hydroxylation is 2. The number of rotatable bonds is 6. The van der Waals surface area contributed by atoms with Crippen molar-refractivity contribution in [3.63, 3.8) is 0 Å². The van der Waals surface area contributed by atoms with Gasteiger partial charge in [-0.3, -0.25) is 4.79 Å². The summed E-state index contributed by atoms with van der Waals surface area (Å²) in [6.07, 6.45) is 1.37. The number of ether oxygens (including phenoxy) is 2. The summed E-state index contributed by atoms with van der Waals surface area (Å²) in [7, 11) is 1.53. The molecule has 0 fully saturated rings. The van der Waals surface area contributed by atoms with Crippen LogP contribution in [-0.2, 0) is 4.74 Å². The maximum absolute atomic E-state index is 13.0. The third kappa shape index (κ3) is 4.27. The highest BCUT2D eigenvalue weighted by molar-refractivity contribution is 6.07. The number of amides is 1. The fourth-order valence-corrected chi connectivity index (χ4v) is 3.60. The van der Waals surface area contributed by atoms with E-state index in [1.807, 2.05) is 38.1 Å². The Labute approximate surface area is 191 Å². The van der Waals surface area contributed by atoms with Crippen molar-refractivity contribution in [1.29, 1.82) is 0 Å². The summed E-state index contributed by atoms with van der Waals surface area (Å²) in [5.74, 6) is 0.198. The Balaban J connectivity index is 1.83. The quantitative estimate of drug-likeness (QED) is 0.441. The van der Waals surface area contributed by atoms with Gasteiger partial charge in [0.05, 0.1) is 25.4 Å². The third-order valence-electron chi connectivity index (χ3n) is 5.28. The molecule has 0 atom stereocenters. The molecule has 4 rings (SSSR count). The van der Waals surface area contributed by atoms with Crippen LogP contribution in [0.3, 0.4) is 0 Å². The van der Waals surface area contributed by atoms with E-state index in [2.05, 4.69) is 10.4 Å². The topological polar surface area (TPSA) is 95.3 Å². The molecule has 1 N–H and O–H groups in total. The Bertz CT molecular complexity index is 1360. The van der Waals surface area contributed by atoms with Crippen molar-refractivity contribution in [2.45, 2.75) is 20.8 Å². The Hall–Kier alpha value is -4.20. The van der Waals surface area contributed by atoms with Gasteiger partial charge in [-0.25, -0.2) is 9.78 Å². The van der Waals surface area contributed by atoms with Gasteiger partial charge in [0.15, 0.2) is 11.6 Å². The van der Waals surface area contributed by atoms with Crippen LogP contribution in [0.4, 0.5) is 5.82 Å². The first-order chi connectivity index (χ1) is 15.9. The summed E-state index contributed by atoms with van der Waals surface area (Å²) >= 11 is 0.